The van der Waals surface area contributed by atoms with Gasteiger partial charge in [-0.3, -0.25) is 14.3 Å². The molecule has 1 aliphatic rings. The zero-order chi connectivity index (χ0) is 13.1. The molecule has 1 aliphatic carbocycles. The maximum Gasteiger partial charge on any atom is 0.331 e. The lowest BCUT2D eigenvalue weighted by Crippen LogP contribution is -2.32. The molecular formula is C12H17FN2O3. The van der Waals surface area contributed by atoms with Crippen LogP contribution < -0.4 is 11.2 Å². The maximum atomic E-state index is 13.1. The first-order chi connectivity index (χ1) is 8.59. The fraction of sp³-hybridized carbons (Fsp3) is 0.667. The van der Waals surface area contributed by atoms with Crippen LogP contribution in [0, 0.1) is 11.7 Å². The first-order valence-electron chi connectivity index (χ1n) is 6.31. The lowest BCUT2D eigenvalue weighted by atomic mass is 10.0. The van der Waals surface area contributed by atoms with Crippen LogP contribution >= 0.6 is 0 Å². The van der Waals surface area contributed by atoms with Gasteiger partial charge in [0.15, 0.2) is 0 Å². The number of hydrogen-bond acceptors (Lipinski definition) is 3. The summed E-state index contributed by atoms with van der Waals surface area (Å²) in [6.07, 6.45) is 6.59. The number of aromatic amines is 1. The van der Waals surface area contributed by atoms with Gasteiger partial charge in [0, 0.05) is 6.54 Å². The number of nitrogens with zero attached hydrogens (tertiary/aromatic N) is 1. The molecular weight excluding hydrogens is 239 g/mol. The molecule has 1 fully saturated rings. The standard InChI is InChI=1S/C12H17FN2O3/c13-9-10(16)14-12(18)15(11(9)17)7-3-6-8-4-1-2-5-8/h8,17H,1-7H2,(H,14,16,18). The van der Waals surface area contributed by atoms with Gasteiger partial charge in [0.1, 0.15) is 0 Å². The van der Waals surface area contributed by atoms with Gasteiger partial charge in [0.2, 0.25) is 11.7 Å². The minimum absolute atomic E-state index is 0.231. The first-order valence-corrected chi connectivity index (χ1v) is 6.31. The van der Waals surface area contributed by atoms with E-state index in [0.717, 1.165) is 11.0 Å². The van der Waals surface area contributed by atoms with E-state index in [-0.39, 0.29) is 6.54 Å². The maximum absolute atomic E-state index is 13.1. The van der Waals surface area contributed by atoms with Crippen LogP contribution in [0.15, 0.2) is 9.59 Å². The van der Waals surface area contributed by atoms with Crippen LogP contribution in [0.4, 0.5) is 4.39 Å². The highest BCUT2D eigenvalue weighted by molar-refractivity contribution is 5.09. The van der Waals surface area contributed by atoms with E-state index in [2.05, 4.69) is 0 Å². The van der Waals surface area contributed by atoms with Crippen LogP contribution in [0.25, 0.3) is 0 Å². The van der Waals surface area contributed by atoms with Gasteiger partial charge in [-0.15, -0.1) is 0 Å². The molecule has 1 heterocycles. The van der Waals surface area contributed by atoms with Crippen LogP contribution in [-0.4, -0.2) is 14.7 Å². The van der Waals surface area contributed by atoms with Crippen molar-refractivity contribution in [2.24, 2.45) is 5.92 Å². The van der Waals surface area contributed by atoms with Gasteiger partial charge in [0.25, 0.3) is 5.56 Å². The molecule has 2 rings (SSSR count). The SMILES string of the molecule is O=c1[nH]c(=O)n(CCCC2CCCC2)c(O)c1F. The molecule has 0 atom stereocenters. The molecule has 0 aromatic carbocycles. The molecule has 0 unspecified atom stereocenters. The van der Waals surface area contributed by atoms with Crippen molar-refractivity contribution in [1.82, 2.24) is 9.55 Å². The number of aromatic nitrogens is 2. The molecule has 1 aromatic heterocycles. The predicted octanol–water partition coefficient (Wildman–Crippen LogP) is 1.35. The van der Waals surface area contributed by atoms with E-state index in [0.29, 0.717) is 12.3 Å². The van der Waals surface area contributed by atoms with Crippen LogP contribution in [0.1, 0.15) is 38.5 Å². The minimum atomic E-state index is -1.30. The van der Waals surface area contributed by atoms with E-state index in [9.17, 15) is 19.1 Å². The molecule has 100 valence electrons. The largest absolute Gasteiger partial charge is 0.492 e. The Balaban J connectivity index is 2.03. The summed E-state index contributed by atoms with van der Waals surface area (Å²) in [4.78, 5) is 24.2. The fourth-order valence-electron chi connectivity index (χ4n) is 2.58. The molecule has 2 N–H and O–H groups in total. The number of halogens is 1. The monoisotopic (exact) mass is 256 g/mol. The molecule has 0 spiro atoms. The molecule has 1 saturated carbocycles. The number of H-pyrrole nitrogens is 1. The van der Waals surface area contributed by atoms with Crippen molar-refractivity contribution in [1.29, 1.82) is 0 Å². The summed E-state index contributed by atoms with van der Waals surface area (Å²) in [5.41, 5.74) is -1.94. The van der Waals surface area contributed by atoms with Crippen molar-refractivity contribution in [3.63, 3.8) is 0 Å². The van der Waals surface area contributed by atoms with E-state index in [1.54, 1.807) is 0 Å². The molecule has 0 amide bonds. The molecule has 0 aliphatic heterocycles. The van der Waals surface area contributed by atoms with Crippen LogP contribution in [0.3, 0.4) is 0 Å². The van der Waals surface area contributed by atoms with E-state index < -0.39 is 22.9 Å². The quantitative estimate of drug-likeness (QED) is 0.853. The van der Waals surface area contributed by atoms with Crippen molar-refractivity contribution in [2.45, 2.75) is 45.1 Å². The van der Waals surface area contributed by atoms with E-state index in [1.807, 2.05) is 4.98 Å². The van der Waals surface area contributed by atoms with E-state index >= 15 is 0 Å². The van der Waals surface area contributed by atoms with Crippen molar-refractivity contribution in [3.05, 3.63) is 26.7 Å². The number of nitrogens with one attached hydrogen (secondary N) is 1. The third-order valence-electron chi connectivity index (χ3n) is 3.59. The highest BCUT2D eigenvalue weighted by atomic mass is 19.1. The second-order valence-corrected chi connectivity index (χ2v) is 4.84. The van der Waals surface area contributed by atoms with Gasteiger partial charge < -0.3 is 5.11 Å². The summed E-state index contributed by atoms with van der Waals surface area (Å²) in [5, 5.41) is 9.42. The molecule has 0 saturated heterocycles. The summed E-state index contributed by atoms with van der Waals surface area (Å²) in [7, 11) is 0. The summed E-state index contributed by atoms with van der Waals surface area (Å²) in [5.74, 6) is -1.49. The van der Waals surface area contributed by atoms with Crippen molar-refractivity contribution < 1.29 is 9.50 Å². The lowest BCUT2D eigenvalue weighted by molar-refractivity contribution is 0.349. The van der Waals surface area contributed by atoms with Gasteiger partial charge in [-0.05, 0) is 18.8 Å². The van der Waals surface area contributed by atoms with Gasteiger partial charge in [-0.25, -0.2) is 4.79 Å². The lowest BCUT2D eigenvalue weighted by Gasteiger charge is -2.10. The third-order valence-corrected chi connectivity index (χ3v) is 3.59. The molecule has 0 bridgehead atoms. The Morgan fingerprint density at radius 2 is 2.00 bits per heavy atom. The Kier molecular flexibility index (Phi) is 3.84. The third kappa shape index (κ3) is 2.63. The summed E-state index contributed by atoms with van der Waals surface area (Å²) < 4.78 is 14.0. The number of aromatic hydroxyl groups is 1. The van der Waals surface area contributed by atoms with Crippen LogP contribution in [0.5, 0.6) is 5.88 Å². The summed E-state index contributed by atoms with van der Waals surface area (Å²) in [6, 6.07) is 0. The average Bonchev–Trinajstić information content (AvgIpc) is 2.84. The molecule has 6 heteroatoms. The molecule has 0 radical (unpaired) electrons. The molecule has 1 aromatic rings. The predicted molar refractivity (Wildman–Crippen MR) is 64.1 cm³/mol. The van der Waals surface area contributed by atoms with Gasteiger partial charge in [0.05, 0.1) is 0 Å². The van der Waals surface area contributed by atoms with Crippen molar-refractivity contribution >= 4 is 0 Å². The highest BCUT2D eigenvalue weighted by Crippen LogP contribution is 2.28. The second kappa shape index (κ2) is 5.37. The van der Waals surface area contributed by atoms with Gasteiger partial charge in [-0.1, -0.05) is 25.7 Å². The Labute approximate surface area is 103 Å². The van der Waals surface area contributed by atoms with E-state index in [1.165, 1.54) is 25.7 Å². The number of hydrogen-bond donors (Lipinski definition) is 2. The van der Waals surface area contributed by atoms with Crippen LogP contribution in [-0.2, 0) is 6.54 Å². The number of rotatable bonds is 4. The Bertz CT molecular complexity index is 529. The highest BCUT2D eigenvalue weighted by Gasteiger charge is 2.16. The zero-order valence-corrected chi connectivity index (χ0v) is 10.1. The van der Waals surface area contributed by atoms with E-state index in [4.69, 9.17) is 0 Å². The Hall–Kier alpha value is -1.59. The van der Waals surface area contributed by atoms with Gasteiger partial charge >= 0.3 is 5.69 Å². The minimum Gasteiger partial charge on any atom is -0.492 e. The van der Waals surface area contributed by atoms with Crippen molar-refractivity contribution in [2.75, 3.05) is 0 Å². The Morgan fingerprint density at radius 3 is 2.67 bits per heavy atom. The van der Waals surface area contributed by atoms with Crippen molar-refractivity contribution in [3.8, 4) is 5.88 Å². The van der Waals surface area contributed by atoms with Gasteiger partial charge in [-0.2, -0.15) is 4.39 Å². The molecule has 18 heavy (non-hydrogen) atoms. The summed E-state index contributed by atoms with van der Waals surface area (Å²) >= 11 is 0. The first kappa shape index (κ1) is 12.9. The second-order valence-electron chi connectivity index (χ2n) is 4.84. The smallest absolute Gasteiger partial charge is 0.331 e. The zero-order valence-electron chi connectivity index (χ0n) is 10.1. The average molecular weight is 256 g/mol. The normalized spacial score (nSPS) is 16.3. The van der Waals surface area contributed by atoms with Crippen LogP contribution in [0.2, 0.25) is 0 Å². The Morgan fingerprint density at radius 1 is 1.33 bits per heavy atom. The summed E-state index contributed by atoms with van der Waals surface area (Å²) in [6.45, 7) is 0.231. The topological polar surface area (TPSA) is 75.1 Å². The molecule has 5 nitrogen and oxygen atoms in total. The fourth-order valence-corrected chi connectivity index (χ4v) is 2.58.